The van der Waals surface area contributed by atoms with E-state index in [4.69, 9.17) is 4.52 Å². The largest absolute Gasteiger partial charge is 0.340 e. The minimum absolute atomic E-state index is 0.0220. The minimum Gasteiger partial charge on any atom is -0.340 e. The second-order valence-electron chi connectivity index (χ2n) is 7.79. The lowest BCUT2D eigenvalue weighted by Gasteiger charge is -2.36. The van der Waals surface area contributed by atoms with E-state index < -0.39 is 0 Å². The number of piperazine rings is 1. The number of benzene rings is 1. The number of aryl methyl sites for hydroxylation is 2. The quantitative estimate of drug-likeness (QED) is 0.598. The summed E-state index contributed by atoms with van der Waals surface area (Å²) in [5.41, 5.74) is 2.15. The molecule has 1 aromatic carbocycles. The van der Waals surface area contributed by atoms with Gasteiger partial charge in [-0.1, -0.05) is 35.0 Å². The normalized spacial score (nSPS) is 16.0. The van der Waals surface area contributed by atoms with Crippen molar-refractivity contribution in [3.05, 3.63) is 54.2 Å². The predicted molar refractivity (Wildman–Crippen MR) is 113 cm³/mol. The molecule has 8 nitrogen and oxygen atoms in total. The molecule has 0 bridgehead atoms. The highest BCUT2D eigenvalue weighted by Gasteiger charge is 2.27. The van der Waals surface area contributed by atoms with Gasteiger partial charge in [0, 0.05) is 57.1 Å². The minimum atomic E-state index is 0.0220. The van der Waals surface area contributed by atoms with Crippen LogP contribution in [0.15, 0.2) is 47.2 Å². The van der Waals surface area contributed by atoms with E-state index in [9.17, 15) is 4.79 Å². The Labute approximate surface area is 176 Å². The third-order valence-corrected chi connectivity index (χ3v) is 5.66. The fraction of sp³-hybridized carbons (Fsp3) is 0.455. The van der Waals surface area contributed by atoms with Gasteiger partial charge >= 0.3 is 0 Å². The molecule has 1 aliphatic rings. The Kier molecular flexibility index (Phi) is 6.23. The molecule has 30 heavy (non-hydrogen) atoms. The zero-order valence-electron chi connectivity index (χ0n) is 17.6. The van der Waals surface area contributed by atoms with Crippen LogP contribution in [0.5, 0.6) is 0 Å². The van der Waals surface area contributed by atoms with Crippen LogP contribution < -0.4 is 0 Å². The van der Waals surface area contributed by atoms with Crippen molar-refractivity contribution < 1.29 is 9.32 Å². The molecule has 1 amide bonds. The van der Waals surface area contributed by atoms with E-state index in [1.54, 1.807) is 6.20 Å². The van der Waals surface area contributed by atoms with Gasteiger partial charge in [-0.05, 0) is 26.3 Å². The summed E-state index contributed by atoms with van der Waals surface area (Å²) >= 11 is 0. The van der Waals surface area contributed by atoms with Crippen molar-refractivity contribution in [2.24, 2.45) is 0 Å². The van der Waals surface area contributed by atoms with Gasteiger partial charge in [0.2, 0.25) is 17.6 Å². The molecule has 1 fully saturated rings. The lowest BCUT2D eigenvalue weighted by molar-refractivity contribution is -0.133. The van der Waals surface area contributed by atoms with Gasteiger partial charge in [0.15, 0.2) is 0 Å². The molecule has 8 heteroatoms. The summed E-state index contributed by atoms with van der Waals surface area (Å²) < 4.78 is 7.40. The first kappa shape index (κ1) is 20.3. The number of carbonyl (C=O) groups excluding carboxylic acids is 1. The molecule has 0 N–H and O–H groups in total. The Morgan fingerprint density at radius 3 is 2.63 bits per heavy atom. The Bertz CT molecular complexity index is 942. The van der Waals surface area contributed by atoms with E-state index in [0.29, 0.717) is 18.1 Å². The molecule has 3 aromatic rings. The van der Waals surface area contributed by atoms with Crippen LogP contribution in [0.3, 0.4) is 0 Å². The van der Waals surface area contributed by atoms with Crippen LogP contribution in [-0.4, -0.2) is 61.8 Å². The smallest absolute Gasteiger partial charge is 0.244 e. The van der Waals surface area contributed by atoms with Crippen LogP contribution in [0.1, 0.15) is 37.3 Å². The lowest BCUT2D eigenvalue weighted by Crippen LogP contribution is -2.49. The number of carbonyl (C=O) groups is 1. The van der Waals surface area contributed by atoms with Crippen molar-refractivity contribution in [3.63, 3.8) is 0 Å². The maximum absolute atomic E-state index is 12.5. The third-order valence-electron chi connectivity index (χ3n) is 5.66. The van der Waals surface area contributed by atoms with Crippen molar-refractivity contribution >= 4 is 5.91 Å². The first-order valence-corrected chi connectivity index (χ1v) is 10.5. The van der Waals surface area contributed by atoms with Crippen LogP contribution in [0, 0.1) is 6.92 Å². The fourth-order valence-electron chi connectivity index (χ4n) is 3.72. The van der Waals surface area contributed by atoms with Crippen molar-refractivity contribution in [2.45, 2.75) is 39.3 Å². The summed E-state index contributed by atoms with van der Waals surface area (Å²) in [6.45, 7) is 7.96. The zero-order chi connectivity index (χ0) is 20.9. The maximum atomic E-state index is 12.5. The summed E-state index contributed by atoms with van der Waals surface area (Å²) in [7, 11) is 0. The molecular weight excluding hydrogens is 380 g/mol. The van der Waals surface area contributed by atoms with Gasteiger partial charge in [-0.2, -0.15) is 10.1 Å². The Morgan fingerprint density at radius 2 is 1.93 bits per heavy atom. The summed E-state index contributed by atoms with van der Waals surface area (Å²) in [6.07, 6.45) is 5.04. The molecular formula is C22H28N6O2. The molecule has 0 radical (unpaired) electrons. The molecule has 1 atom stereocenters. The first-order chi connectivity index (χ1) is 14.6. The van der Waals surface area contributed by atoms with Crippen molar-refractivity contribution in [1.29, 1.82) is 0 Å². The van der Waals surface area contributed by atoms with E-state index in [2.05, 4.69) is 34.0 Å². The van der Waals surface area contributed by atoms with Gasteiger partial charge in [-0.25, -0.2) is 0 Å². The van der Waals surface area contributed by atoms with Gasteiger partial charge in [-0.15, -0.1) is 0 Å². The number of rotatable bonds is 7. The maximum Gasteiger partial charge on any atom is 0.244 e. The number of amides is 1. The van der Waals surface area contributed by atoms with E-state index in [0.717, 1.165) is 44.7 Å². The van der Waals surface area contributed by atoms with Gasteiger partial charge in [0.1, 0.15) is 0 Å². The fourth-order valence-corrected chi connectivity index (χ4v) is 3.72. The highest BCUT2D eigenvalue weighted by molar-refractivity contribution is 5.76. The predicted octanol–water partition coefficient (Wildman–Crippen LogP) is 2.93. The second kappa shape index (κ2) is 9.21. The molecule has 0 spiro atoms. The third kappa shape index (κ3) is 4.76. The number of nitrogens with zero attached hydrogens (tertiary/aromatic N) is 6. The van der Waals surface area contributed by atoms with Crippen LogP contribution in [0.4, 0.5) is 0 Å². The van der Waals surface area contributed by atoms with E-state index >= 15 is 0 Å². The standard InChI is InChI=1S/C22H28N6O2/c1-17-6-8-19(9-7-17)21-24-22(30-25-21)18(2)26-13-15-27(16-14-26)20(29)5-3-11-28-12-4-10-23-28/h4,6-10,12,18H,3,5,11,13-16H2,1-2H3. The molecule has 0 aliphatic carbocycles. The SMILES string of the molecule is Cc1ccc(-c2noc(C(C)N3CCN(C(=O)CCCn4cccn4)CC3)n2)cc1. The molecule has 1 saturated heterocycles. The lowest BCUT2D eigenvalue weighted by atomic mass is 10.1. The van der Waals surface area contributed by atoms with Crippen molar-refractivity contribution in [1.82, 2.24) is 29.7 Å². The number of hydrogen-bond donors (Lipinski definition) is 0. The molecule has 158 valence electrons. The van der Waals surface area contributed by atoms with Gasteiger partial charge < -0.3 is 9.42 Å². The van der Waals surface area contributed by atoms with Gasteiger partial charge in [-0.3, -0.25) is 14.4 Å². The summed E-state index contributed by atoms with van der Waals surface area (Å²) in [5.74, 6) is 1.45. The molecule has 3 heterocycles. The zero-order valence-corrected chi connectivity index (χ0v) is 17.6. The topological polar surface area (TPSA) is 80.3 Å². The summed E-state index contributed by atoms with van der Waals surface area (Å²) in [5, 5.41) is 8.32. The van der Waals surface area contributed by atoms with Gasteiger partial charge in [0.25, 0.3) is 0 Å². The highest BCUT2D eigenvalue weighted by atomic mass is 16.5. The summed E-state index contributed by atoms with van der Waals surface area (Å²) in [6, 6.07) is 10.0. The molecule has 2 aromatic heterocycles. The van der Waals surface area contributed by atoms with E-state index in [1.807, 2.05) is 46.1 Å². The second-order valence-corrected chi connectivity index (χ2v) is 7.79. The average molecular weight is 409 g/mol. The molecule has 0 saturated carbocycles. The van der Waals surface area contributed by atoms with Crippen LogP contribution >= 0.6 is 0 Å². The van der Waals surface area contributed by atoms with Crippen LogP contribution in [0.2, 0.25) is 0 Å². The molecule has 1 aliphatic heterocycles. The van der Waals surface area contributed by atoms with E-state index in [1.165, 1.54) is 5.56 Å². The van der Waals surface area contributed by atoms with Crippen LogP contribution in [0.25, 0.3) is 11.4 Å². The first-order valence-electron chi connectivity index (χ1n) is 10.5. The van der Waals surface area contributed by atoms with Crippen LogP contribution in [-0.2, 0) is 11.3 Å². The molecule has 4 rings (SSSR count). The Morgan fingerprint density at radius 1 is 1.17 bits per heavy atom. The van der Waals surface area contributed by atoms with E-state index in [-0.39, 0.29) is 11.9 Å². The summed E-state index contributed by atoms with van der Waals surface area (Å²) in [4.78, 5) is 21.3. The Balaban J connectivity index is 1.26. The average Bonchev–Trinajstić information content (AvgIpc) is 3.46. The monoisotopic (exact) mass is 408 g/mol. The van der Waals surface area contributed by atoms with Crippen molar-refractivity contribution in [3.8, 4) is 11.4 Å². The number of aromatic nitrogens is 4. The highest BCUT2D eigenvalue weighted by Crippen LogP contribution is 2.24. The Hall–Kier alpha value is -3.00. The molecule has 1 unspecified atom stereocenters. The number of hydrogen-bond acceptors (Lipinski definition) is 6. The van der Waals surface area contributed by atoms with Gasteiger partial charge in [0.05, 0.1) is 6.04 Å². The van der Waals surface area contributed by atoms with Crippen molar-refractivity contribution in [2.75, 3.05) is 26.2 Å².